The van der Waals surface area contributed by atoms with E-state index in [-0.39, 0.29) is 24.0 Å². The first kappa shape index (κ1) is 25.0. The van der Waals surface area contributed by atoms with E-state index in [2.05, 4.69) is 10.6 Å². The van der Waals surface area contributed by atoms with Gasteiger partial charge in [-0.15, -0.1) is 0 Å². The summed E-state index contributed by atoms with van der Waals surface area (Å²) in [7, 11) is -2.11. The number of sulfonamides is 1. The van der Waals surface area contributed by atoms with E-state index in [9.17, 15) is 18.0 Å². The van der Waals surface area contributed by atoms with Gasteiger partial charge in [-0.1, -0.05) is 30.2 Å². The zero-order chi connectivity index (χ0) is 23.8. The molecule has 1 saturated heterocycles. The highest BCUT2D eigenvalue weighted by Gasteiger charge is 2.33. The van der Waals surface area contributed by atoms with E-state index < -0.39 is 21.8 Å². The van der Waals surface area contributed by atoms with Crippen molar-refractivity contribution in [2.75, 3.05) is 20.2 Å². The molecule has 0 spiro atoms. The molecule has 2 amide bonds. The molecular weight excluding hydrogens is 466 g/mol. The molecule has 1 fully saturated rings. The smallest absolute Gasteiger partial charge is 0.309 e. The minimum absolute atomic E-state index is 0.194. The van der Waals surface area contributed by atoms with Gasteiger partial charge in [0.25, 0.3) is 0 Å². The van der Waals surface area contributed by atoms with Gasteiger partial charge in [-0.25, -0.2) is 8.42 Å². The maximum atomic E-state index is 13.1. The number of ether oxygens (including phenoxy) is 1. The van der Waals surface area contributed by atoms with Crippen molar-refractivity contribution in [2.24, 2.45) is 0 Å². The first-order valence-electron chi connectivity index (χ1n) is 10.8. The summed E-state index contributed by atoms with van der Waals surface area (Å²) in [6.45, 7) is 0.812. The van der Waals surface area contributed by atoms with E-state index in [0.29, 0.717) is 30.2 Å². The van der Waals surface area contributed by atoms with E-state index in [1.165, 1.54) is 16.4 Å². The average molecular weight is 494 g/mol. The van der Waals surface area contributed by atoms with Gasteiger partial charge in [0.2, 0.25) is 10.0 Å². The van der Waals surface area contributed by atoms with Crippen molar-refractivity contribution in [3.63, 3.8) is 0 Å². The van der Waals surface area contributed by atoms with Crippen LogP contribution in [0.2, 0.25) is 5.02 Å². The molecule has 1 atom stereocenters. The molecule has 0 bridgehead atoms. The van der Waals surface area contributed by atoms with Crippen molar-refractivity contribution in [1.82, 2.24) is 14.9 Å². The minimum atomic E-state index is -3.67. The number of benzene rings is 2. The lowest BCUT2D eigenvalue weighted by molar-refractivity contribution is -0.139. The standard InChI is InChI=1S/C23H28ClN3O5S/c1-32-20-7-4-5-17(15-20)16-26-23(29)22(28)25-13-12-19-6-2-3-14-27(19)33(30,31)21-10-8-18(24)9-11-21/h4-5,7-11,15,19H,2-3,6,12-14,16H2,1H3,(H,25,28)(H,26,29)/t19-/m1/s1. The molecule has 1 aliphatic rings. The summed E-state index contributed by atoms with van der Waals surface area (Å²) in [6.07, 6.45) is 2.81. The topological polar surface area (TPSA) is 105 Å². The van der Waals surface area contributed by atoms with Crippen LogP contribution in [-0.4, -0.2) is 50.8 Å². The van der Waals surface area contributed by atoms with Crippen molar-refractivity contribution >= 4 is 33.4 Å². The van der Waals surface area contributed by atoms with Crippen molar-refractivity contribution in [2.45, 2.75) is 43.2 Å². The maximum absolute atomic E-state index is 13.1. The lowest BCUT2D eigenvalue weighted by Crippen LogP contribution is -2.46. The molecule has 3 rings (SSSR count). The minimum Gasteiger partial charge on any atom is -0.497 e. The van der Waals surface area contributed by atoms with Crippen LogP contribution in [0.3, 0.4) is 0 Å². The highest BCUT2D eigenvalue weighted by Crippen LogP contribution is 2.27. The molecule has 0 radical (unpaired) electrons. The molecule has 178 valence electrons. The first-order chi connectivity index (χ1) is 15.8. The number of hydrogen-bond donors (Lipinski definition) is 2. The Morgan fingerprint density at radius 1 is 1.09 bits per heavy atom. The summed E-state index contributed by atoms with van der Waals surface area (Å²) in [4.78, 5) is 24.5. The number of nitrogens with one attached hydrogen (secondary N) is 2. The Kier molecular flexibility index (Phi) is 8.71. The second kappa shape index (κ2) is 11.5. The van der Waals surface area contributed by atoms with Gasteiger partial charge in [0.15, 0.2) is 0 Å². The Balaban J connectivity index is 1.51. The second-order valence-corrected chi connectivity index (χ2v) is 10.1. The monoisotopic (exact) mass is 493 g/mol. The maximum Gasteiger partial charge on any atom is 0.309 e. The molecular formula is C23H28ClN3O5S. The summed E-state index contributed by atoms with van der Waals surface area (Å²) >= 11 is 5.88. The second-order valence-electron chi connectivity index (χ2n) is 7.80. The number of amides is 2. The molecule has 10 heteroatoms. The highest BCUT2D eigenvalue weighted by atomic mass is 35.5. The fourth-order valence-corrected chi connectivity index (χ4v) is 5.65. The van der Waals surface area contributed by atoms with Crippen LogP contribution in [0, 0.1) is 0 Å². The van der Waals surface area contributed by atoms with Crippen molar-refractivity contribution < 1.29 is 22.7 Å². The van der Waals surface area contributed by atoms with Gasteiger partial charge in [0.05, 0.1) is 12.0 Å². The molecule has 2 N–H and O–H groups in total. The lowest BCUT2D eigenvalue weighted by Gasteiger charge is -2.34. The normalized spacial score (nSPS) is 16.7. The molecule has 0 aliphatic carbocycles. The summed E-state index contributed by atoms with van der Waals surface area (Å²) in [6, 6.07) is 13.0. The van der Waals surface area contributed by atoms with E-state index in [4.69, 9.17) is 16.3 Å². The van der Waals surface area contributed by atoms with Gasteiger partial charge < -0.3 is 15.4 Å². The predicted octanol–water partition coefficient (Wildman–Crippen LogP) is 2.71. The number of rotatable bonds is 8. The van der Waals surface area contributed by atoms with Crippen molar-refractivity contribution in [3.8, 4) is 5.75 Å². The predicted molar refractivity (Wildman–Crippen MR) is 125 cm³/mol. The van der Waals surface area contributed by atoms with Gasteiger partial charge in [0.1, 0.15) is 5.75 Å². The Morgan fingerprint density at radius 2 is 1.82 bits per heavy atom. The zero-order valence-electron chi connectivity index (χ0n) is 18.4. The van der Waals surface area contributed by atoms with Gasteiger partial charge in [-0.3, -0.25) is 9.59 Å². The third-order valence-corrected chi connectivity index (χ3v) is 7.77. The highest BCUT2D eigenvalue weighted by molar-refractivity contribution is 7.89. The van der Waals surface area contributed by atoms with Crippen LogP contribution in [0.25, 0.3) is 0 Å². The average Bonchev–Trinajstić information content (AvgIpc) is 2.83. The first-order valence-corrected chi connectivity index (χ1v) is 12.6. The SMILES string of the molecule is COc1cccc(CNC(=O)C(=O)NCC[C@H]2CCCCN2S(=O)(=O)c2ccc(Cl)cc2)c1. The Hall–Kier alpha value is -2.62. The number of halogens is 1. The van der Waals surface area contributed by atoms with Gasteiger partial charge >= 0.3 is 11.8 Å². The van der Waals surface area contributed by atoms with Crippen molar-refractivity contribution in [1.29, 1.82) is 0 Å². The summed E-state index contributed by atoms with van der Waals surface area (Å²) < 4.78 is 32.8. The van der Waals surface area contributed by atoms with Crippen LogP contribution in [0.1, 0.15) is 31.2 Å². The van der Waals surface area contributed by atoms with Crippen LogP contribution in [0.15, 0.2) is 53.4 Å². The zero-order valence-corrected chi connectivity index (χ0v) is 20.0. The third kappa shape index (κ3) is 6.69. The van der Waals surface area contributed by atoms with E-state index >= 15 is 0 Å². The third-order valence-electron chi connectivity index (χ3n) is 5.55. The lowest BCUT2D eigenvalue weighted by atomic mass is 10.0. The van der Waals surface area contributed by atoms with Gasteiger partial charge in [-0.05, 0) is 61.2 Å². The van der Waals surface area contributed by atoms with Gasteiger partial charge in [-0.2, -0.15) is 4.31 Å². The Morgan fingerprint density at radius 3 is 2.55 bits per heavy atom. The van der Waals surface area contributed by atoms with E-state index in [1.807, 2.05) is 6.07 Å². The fraction of sp³-hybridized carbons (Fsp3) is 0.391. The molecule has 2 aromatic carbocycles. The van der Waals surface area contributed by atoms with Crippen molar-refractivity contribution in [3.05, 3.63) is 59.1 Å². The largest absolute Gasteiger partial charge is 0.497 e. The van der Waals surface area contributed by atoms with E-state index in [1.54, 1.807) is 37.4 Å². The Bertz CT molecular complexity index is 1080. The van der Waals surface area contributed by atoms with Gasteiger partial charge in [0, 0.05) is 30.7 Å². The van der Waals surface area contributed by atoms with Crippen LogP contribution in [0.5, 0.6) is 5.75 Å². The summed E-state index contributed by atoms with van der Waals surface area (Å²) in [5.41, 5.74) is 0.806. The van der Waals surface area contributed by atoms with Crippen LogP contribution in [0.4, 0.5) is 0 Å². The molecule has 8 nitrogen and oxygen atoms in total. The molecule has 33 heavy (non-hydrogen) atoms. The van der Waals surface area contributed by atoms with Crippen LogP contribution in [-0.2, 0) is 26.2 Å². The number of piperidine rings is 1. The molecule has 0 aromatic heterocycles. The number of carbonyl (C=O) groups excluding carboxylic acids is 2. The fourth-order valence-electron chi connectivity index (χ4n) is 3.80. The molecule has 1 heterocycles. The number of carbonyl (C=O) groups is 2. The quantitative estimate of drug-likeness (QED) is 0.550. The van der Waals surface area contributed by atoms with Crippen LogP contribution >= 0.6 is 11.6 Å². The summed E-state index contributed by atoms with van der Waals surface area (Å²) in [5, 5.41) is 5.64. The number of nitrogens with zero attached hydrogens (tertiary/aromatic N) is 1. The number of hydrogen-bond acceptors (Lipinski definition) is 5. The molecule has 2 aromatic rings. The van der Waals surface area contributed by atoms with Crippen LogP contribution < -0.4 is 15.4 Å². The molecule has 0 unspecified atom stereocenters. The molecule has 0 saturated carbocycles. The summed E-state index contributed by atoms with van der Waals surface area (Å²) in [5.74, 6) is -0.829. The molecule has 1 aliphatic heterocycles. The van der Waals surface area contributed by atoms with E-state index in [0.717, 1.165) is 18.4 Å². The Labute approximate surface area is 199 Å². The number of methoxy groups -OCH3 is 1.